The van der Waals surface area contributed by atoms with Crippen molar-refractivity contribution < 1.29 is 14.6 Å². The van der Waals surface area contributed by atoms with Crippen LogP contribution in [0.5, 0.6) is 0 Å². The number of carbonyl (C=O) groups is 1. The van der Waals surface area contributed by atoms with Gasteiger partial charge in [0.05, 0.1) is 18.8 Å². The van der Waals surface area contributed by atoms with Crippen molar-refractivity contribution in [3.05, 3.63) is 24.0 Å². The normalized spacial score (nSPS) is 35.2. The van der Waals surface area contributed by atoms with Crippen molar-refractivity contribution in [3.63, 3.8) is 0 Å². The summed E-state index contributed by atoms with van der Waals surface area (Å²) >= 11 is 0. The van der Waals surface area contributed by atoms with E-state index in [4.69, 9.17) is 4.74 Å². The van der Waals surface area contributed by atoms with Gasteiger partial charge in [-0.25, -0.2) is 0 Å². The molecule has 2 N–H and O–H groups in total. The monoisotopic (exact) mass is 431 g/mol. The Hall–Kier alpha value is -1.37. The van der Waals surface area contributed by atoms with Crippen LogP contribution in [0.15, 0.2) is 18.3 Å². The number of hydrogen-bond acceptors (Lipinski definition) is 4. The maximum absolute atomic E-state index is 13.0. The zero-order valence-electron chi connectivity index (χ0n) is 19.8. The van der Waals surface area contributed by atoms with Crippen LogP contribution in [0.3, 0.4) is 0 Å². The van der Waals surface area contributed by atoms with Gasteiger partial charge in [0, 0.05) is 51.0 Å². The SMILES string of the molecule is Cn1cccc1CNC1CC(C)(C)C2CC(C)(O)CCC12CCC(=O)N1CCOCC1. The summed E-state index contributed by atoms with van der Waals surface area (Å²) in [6, 6.07) is 4.62. The van der Waals surface area contributed by atoms with Crippen molar-refractivity contribution in [1.82, 2.24) is 14.8 Å². The van der Waals surface area contributed by atoms with Gasteiger partial charge in [-0.15, -0.1) is 0 Å². The number of aliphatic hydroxyl groups is 1. The van der Waals surface area contributed by atoms with Crippen LogP contribution in [0.25, 0.3) is 0 Å². The van der Waals surface area contributed by atoms with E-state index in [9.17, 15) is 9.90 Å². The van der Waals surface area contributed by atoms with E-state index in [1.165, 1.54) is 5.69 Å². The van der Waals surface area contributed by atoms with Crippen molar-refractivity contribution in [2.75, 3.05) is 26.3 Å². The molecule has 0 aromatic carbocycles. The van der Waals surface area contributed by atoms with Gasteiger partial charge in [-0.2, -0.15) is 0 Å². The predicted octanol–water partition coefficient (Wildman–Crippen LogP) is 3.09. The van der Waals surface area contributed by atoms with Crippen LogP contribution in [0.1, 0.15) is 65.0 Å². The Morgan fingerprint density at radius 1 is 1.23 bits per heavy atom. The molecule has 3 aliphatic rings. The van der Waals surface area contributed by atoms with Crippen molar-refractivity contribution in [2.45, 2.75) is 77.5 Å². The fraction of sp³-hybridized carbons (Fsp3) is 0.800. The van der Waals surface area contributed by atoms with Gasteiger partial charge in [0.25, 0.3) is 0 Å². The molecule has 4 unspecified atom stereocenters. The van der Waals surface area contributed by atoms with Crippen LogP contribution >= 0.6 is 0 Å². The fourth-order valence-electron chi connectivity index (χ4n) is 6.73. The second-order valence-electron chi connectivity index (χ2n) is 11.2. The average molecular weight is 432 g/mol. The van der Waals surface area contributed by atoms with Crippen LogP contribution in [0.4, 0.5) is 0 Å². The number of ether oxygens (including phenoxy) is 1. The molecule has 2 heterocycles. The lowest BCUT2D eigenvalue weighted by atomic mass is 9.57. The quantitative estimate of drug-likeness (QED) is 0.726. The van der Waals surface area contributed by atoms with E-state index < -0.39 is 5.60 Å². The van der Waals surface area contributed by atoms with Crippen LogP contribution in [-0.2, 0) is 23.1 Å². The Morgan fingerprint density at radius 3 is 2.65 bits per heavy atom. The minimum absolute atomic E-state index is 0.0544. The van der Waals surface area contributed by atoms with Crippen LogP contribution in [-0.4, -0.2) is 58.4 Å². The standard InChI is InChI=1S/C25H41N3O3/c1-23(2)17-21(26-18-19-6-5-11-27(19)4)25(10-9-24(3,30)16-20(23)25)8-7-22(29)28-12-14-31-15-13-28/h5-6,11,20-21,26,30H,7-10,12-18H2,1-4H3. The van der Waals surface area contributed by atoms with Crippen molar-refractivity contribution in [3.8, 4) is 0 Å². The van der Waals surface area contributed by atoms with Gasteiger partial charge < -0.3 is 24.6 Å². The number of fused-ring (bicyclic) bond motifs is 1. The molecule has 3 fully saturated rings. The largest absolute Gasteiger partial charge is 0.390 e. The lowest BCUT2D eigenvalue weighted by molar-refractivity contribution is -0.137. The van der Waals surface area contributed by atoms with Gasteiger partial charge in [0.15, 0.2) is 0 Å². The number of morpholine rings is 1. The first kappa shape index (κ1) is 22.8. The molecule has 6 heteroatoms. The van der Waals surface area contributed by atoms with Gasteiger partial charge >= 0.3 is 0 Å². The maximum atomic E-state index is 13.0. The molecular weight excluding hydrogens is 390 g/mol. The van der Waals surface area contributed by atoms with E-state index in [-0.39, 0.29) is 16.7 Å². The molecule has 1 saturated heterocycles. The minimum Gasteiger partial charge on any atom is -0.390 e. The minimum atomic E-state index is -0.605. The molecule has 1 aromatic rings. The highest BCUT2D eigenvalue weighted by Crippen LogP contribution is 2.63. The molecule has 2 aliphatic carbocycles. The lowest BCUT2D eigenvalue weighted by Crippen LogP contribution is -2.52. The molecule has 0 bridgehead atoms. The number of rotatable bonds is 6. The predicted molar refractivity (Wildman–Crippen MR) is 121 cm³/mol. The van der Waals surface area contributed by atoms with E-state index in [2.05, 4.69) is 49.1 Å². The number of amides is 1. The average Bonchev–Trinajstić information content (AvgIpc) is 3.23. The number of nitrogens with one attached hydrogen (secondary N) is 1. The summed E-state index contributed by atoms with van der Waals surface area (Å²) in [7, 11) is 2.09. The second kappa shape index (κ2) is 8.53. The highest BCUT2D eigenvalue weighted by atomic mass is 16.5. The number of carbonyl (C=O) groups excluding carboxylic acids is 1. The molecule has 0 radical (unpaired) electrons. The molecule has 4 rings (SSSR count). The van der Waals surface area contributed by atoms with E-state index in [0.717, 1.165) is 38.6 Å². The number of nitrogens with zero attached hydrogens (tertiary/aromatic N) is 2. The van der Waals surface area contributed by atoms with Crippen LogP contribution in [0.2, 0.25) is 0 Å². The molecule has 6 nitrogen and oxygen atoms in total. The zero-order valence-corrected chi connectivity index (χ0v) is 19.8. The summed E-state index contributed by atoms with van der Waals surface area (Å²) in [5.41, 5.74) is 0.868. The summed E-state index contributed by atoms with van der Waals surface area (Å²) < 4.78 is 7.59. The fourth-order valence-corrected chi connectivity index (χ4v) is 6.73. The van der Waals surface area contributed by atoms with Crippen LogP contribution < -0.4 is 5.32 Å². The first-order chi connectivity index (χ1) is 14.6. The second-order valence-corrected chi connectivity index (χ2v) is 11.2. The summed E-state index contributed by atoms with van der Waals surface area (Å²) in [5, 5.41) is 14.8. The first-order valence-corrected chi connectivity index (χ1v) is 12.0. The Kier molecular flexibility index (Phi) is 6.27. The van der Waals surface area contributed by atoms with E-state index in [0.29, 0.717) is 44.7 Å². The zero-order chi connectivity index (χ0) is 22.3. The summed E-state index contributed by atoms with van der Waals surface area (Å²) in [5.74, 6) is 0.673. The molecule has 4 atom stereocenters. The number of aromatic nitrogens is 1. The molecular formula is C25H41N3O3. The topological polar surface area (TPSA) is 66.7 Å². The Bertz CT molecular complexity index is 781. The third-order valence-corrected chi connectivity index (χ3v) is 8.58. The maximum Gasteiger partial charge on any atom is 0.222 e. The van der Waals surface area contributed by atoms with E-state index in [1.807, 2.05) is 11.8 Å². The van der Waals surface area contributed by atoms with Crippen molar-refractivity contribution >= 4 is 5.91 Å². The van der Waals surface area contributed by atoms with Crippen molar-refractivity contribution in [2.24, 2.45) is 23.8 Å². The van der Waals surface area contributed by atoms with Gasteiger partial charge in [-0.05, 0) is 67.9 Å². The molecule has 31 heavy (non-hydrogen) atoms. The van der Waals surface area contributed by atoms with E-state index >= 15 is 0 Å². The summed E-state index contributed by atoms with van der Waals surface area (Å²) in [4.78, 5) is 15.0. The number of aryl methyl sites for hydroxylation is 1. The Morgan fingerprint density at radius 2 is 1.97 bits per heavy atom. The van der Waals surface area contributed by atoms with Crippen LogP contribution in [0, 0.1) is 16.7 Å². The highest BCUT2D eigenvalue weighted by molar-refractivity contribution is 5.76. The molecule has 2 saturated carbocycles. The van der Waals surface area contributed by atoms with Gasteiger partial charge in [-0.1, -0.05) is 13.8 Å². The smallest absolute Gasteiger partial charge is 0.222 e. The number of hydrogen-bond donors (Lipinski definition) is 2. The van der Waals surface area contributed by atoms with Gasteiger partial charge in [-0.3, -0.25) is 4.79 Å². The molecule has 1 aromatic heterocycles. The van der Waals surface area contributed by atoms with Crippen molar-refractivity contribution in [1.29, 1.82) is 0 Å². The first-order valence-electron chi connectivity index (χ1n) is 12.0. The summed E-state index contributed by atoms with van der Waals surface area (Å²) in [6.07, 6.45) is 7.29. The van der Waals surface area contributed by atoms with Gasteiger partial charge in [0.1, 0.15) is 0 Å². The Labute approximate surface area is 187 Å². The molecule has 0 spiro atoms. The van der Waals surface area contributed by atoms with E-state index in [1.54, 1.807) is 0 Å². The molecule has 1 aliphatic heterocycles. The molecule has 174 valence electrons. The third-order valence-electron chi connectivity index (χ3n) is 8.58. The lowest BCUT2D eigenvalue weighted by Gasteiger charge is -2.51. The summed E-state index contributed by atoms with van der Waals surface area (Å²) in [6.45, 7) is 10.3. The molecule has 1 amide bonds. The third kappa shape index (κ3) is 4.57. The highest BCUT2D eigenvalue weighted by Gasteiger charge is 2.61. The van der Waals surface area contributed by atoms with Gasteiger partial charge in [0.2, 0.25) is 5.91 Å². The Balaban J connectivity index is 1.54.